The topological polar surface area (TPSA) is 75.4 Å². The molecule has 4 rings (SSSR count). The zero-order valence-electron chi connectivity index (χ0n) is 15.8. The zero-order valence-corrected chi connectivity index (χ0v) is 15.8. The Hall–Kier alpha value is -2.63. The molecule has 2 heterocycles. The number of aryl methyl sites for hydroxylation is 1. The lowest BCUT2D eigenvalue weighted by atomic mass is 9.95. The molecule has 1 saturated heterocycles. The fraction of sp³-hybridized carbons (Fsp3) is 0.476. The number of nitrogens with zero attached hydrogens (tertiary/aromatic N) is 4. The molecular weight excluding hydrogens is 338 g/mol. The summed E-state index contributed by atoms with van der Waals surface area (Å²) in [5.41, 5.74) is 7.87. The van der Waals surface area contributed by atoms with Crippen LogP contribution in [0.4, 0.5) is 11.8 Å². The lowest BCUT2D eigenvalue weighted by Crippen LogP contribution is -2.43. The summed E-state index contributed by atoms with van der Waals surface area (Å²) >= 11 is 0. The van der Waals surface area contributed by atoms with Crippen molar-refractivity contribution in [2.24, 2.45) is 5.92 Å². The van der Waals surface area contributed by atoms with E-state index in [1.54, 1.807) is 0 Å². The van der Waals surface area contributed by atoms with Gasteiger partial charge in [0.1, 0.15) is 5.82 Å². The van der Waals surface area contributed by atoms with Gasteiger partial charge in [-0.1, -0.05) is 30.3 Å². The first-order valence-electron chi connectivity index (χ1n) is 9.80. The second kappa shape index (κ2) is 7.55. The molecule has 2 fully saturated rings. The van der Waals surface area contributed by atoms with Gasteiger partial charge in [0.05, 0.1) is 0 Å². The molecule has 1 aromatic carbocycles. The van der Waals surface area contributed by atoms with Crippen LogP contribution < -0.4 is 10.6 Å². The van der Waals surface area contributed by atoms with Crippen LogP contribution in [-0.4, -0.2) is 39.9 Å². The van der Waals surface area contributed by atoms with Crippen molar-refractivity contribution >= 4 is 17.7 Å². The van der Waals surface area contributed by atoms with Gasteiger partial charge in [-0.2, -0.15) is 4.98 Å². The Kier molecular flexibility index (Phi) is 4.97. The van der Waals surface area contributed by atoms with Crippen molar-refractivity contribution in [1.29, 1.82) is 0 Å². The maximum absolute atomic E-state index is 13.2. The Morgan fingerprint density at radius 2 is 1.85 bits per heavy atom. The molecule has 0 bridgehead atoms. The summed E-state index contributed by atoms with van der Waals surface area (Å²) in [4.78, 5) is 26.0. The van der Waals surface area contributed by atoms with Crippen molar-refractivity contribution in [2.75, 3.05) is 23.7 Å². The van der Waals surface area contributed by atoms with Gasteiger partial charge in [-0.15, -0.1) is 0 Å². The normalized spacial score (nSPS) is 17.7. The third kappa shape index (κ3) is 4.21. The Labute approximate surface area is 160 Å². The Morgan fingerprint density at radius 1 is 1.15 bits per heavy atom. The van der Waals surface area contributed by atoms with Crippen LogP contribution in [0.3, 0.4) is 0 Å². The molecule has 1 amide bonds. The molecule has 142 valence electrons. The molecule has 1 aliphatic carbocycles. The summed E-state index contributed by atoms with van der Waals surface area (Å²) in [6.45, 7) is 4.31. The van der Waals surface area contributed by atoms with Gasteiger partial charge in [-0.3, -0.25) is 4.79 Å². The number of nitrogen functional groups attached to an aromatic ring is 1. The van der Waals surface area contributed by atoms with E-state index in [-0.39, 0.29) is 5.92 Å². The fourth-order valence-electron chi connectivity index (χ4n) is 3.88. The van der Waals surface area contributed by atoms with E-state index >= 15 is 0 Å². The van der Waals surface area contributed by atoms with Crippen LogP contribution in [0.25, 0.3) is 0 Å². The number of carbonyl (C=O) groups is 1. The zero-order chi connectivity index (χ0) is 18.8. The number of benzene rings is 1. The van der Waals surface area contributed by atoms with Gasteiger partial charge in [-0.05, 0) is 38.2 Å². The molecule has 2 N–H and O–H groups in total. The molecule has 1 aliphatic heterocycles. The van der Waals surface area contributed by atoms with E-state index in [9.17, 15) is 4.79 Å². The van der Waals surface area contributed by atoms with Crippen LogP contribution in [0.15, 0.2) is 36.4 Å². The monoisotopic (exact) mass is 365 g/mol. The number of hydrogen-bond donors (Lipinski definition) is 1. The summed E-state index contributed by atoms with van der Waals surface area (Å²) in [5.74, 6) is 1.60. The standard InChI is InChI=1S/C21H27N5O/c1-15-13-19(24-21(22)23-15)25-11-9-17(10-12-25)20(27)26(18-7-8-18)14-16-5-3-2-4-6-16/h2-6,13,17-18H,7-12,14H2,1H3,(H2,22,23,24). The van der Waals surface area contributed by atoms with Gasteiger partial charge in [0, 0.05) is 43.4 Å². The molecule has 0 radical (unpaired) electrons. The molecule has 0 atom stereocenters. The van der Waals surface area contributed by atoms with E-state index in [1.165, 1.54) is 5.56 Å². The number of hydrogen-bond acceptors (Lipinski definition) is 5. The number of anilines is 2. The highest BCUT2D eigenvalue weighted by molar-refractivity contribution is 5.80. The van der Waals surface area contributed by atoms with Gasteiger partial charge in [-0.25, -0.2) is 4.98 Å². The van der Waals surface area contributed by atoms with E-state index in [0.717, 1.165) is 56.8 Å². The Morgan fingerprint density at radius 3 is 2.48 bits per heavy atom. The number of carbonyl (C=O) groups excluding carboxylic acids is 1. The highest BCUT2D eigenvalue weighted by Crippen LogP contribution is 2.32. The van der Waals surface area contributed by atoms with E-state index in [0.29, 0.717) is 17.9 Å². The molecule has 6 heteroatoms. The summed E-state index contributed by atoms with van der Waals surface area (Å²) in [6, 6.07) is 12.7. The highest BCUT2D eigenvalue weighted by atomic mass is 16.2. The van der Waals surface area contributed by atoms with Crippen LogP contribution in [0.5, 0.6) is 0 Å². The minimum Gasteiger partial charge on any atom is -0.368 e. The number of piperidine rings is 1. The average Bonchev–Trinajstić information content (AvgIpc) is 3.51. The number of nitrogens with two attached hydrogens (primary N) is 1. The van der Waals surface area contributed by atoms with Gasteiger partial charge in [0.25, 0.3) is 0 Å². The fourth-order valence-corrected chi connectivity index (χ4v) is 3.88. The highest BCUT2D eigenvalue weighted by Gasteiger charge is 2.37. The maximum atomic E-state index is 13.2. The van der Waals surface area contributed by atoms with Crippen molar-refractivity contribution in [3.05, 3.63) is 47.7 Å². The van der Waals surface area contributed by atoms with Gasteiger partial charge in [0.2, 0.25) is 11.9 Å². The minimum atomic E-state index is 0.103. The van der Waals surface area contributed by atoms with Crippen LogP contribution in [0, 0.1) is 12.8 Å². The molecule has 0 spiro atoms. The van der Waals surface area contributed by atoms with Crippen LogP contribution in [-0.2, 0) is 11.3 Å². The first-order chi connectivity index (χ1) is 13.1. The largest absolute Gasteiger partial charge is 0.368 e. The van der Waals surface area contributed by atoms with Crippen LogP contribution in [0.2, 0.25) is 0 Å². The number of amides is 1. The maximum Gasteiger partial charge on any atom is 0.226 e. The average molecular weight is 365 g/mol. The summed E-state index contributed by atoms with van der Waals surface area (Å²) in [6.07, 6.45) is 3.99. The molecule has 1 saturated carbocycles. The van der Waals surface area contributed by atoms with Crippen molar-refractivity contribution in [2.45, 2.75) is 45.2 Å². The lowest BCUT2D eigenvalue weighted by Gasteiger charge is -2.35. The summed E-state index contributed by atoms with van der Waals surface area (Å²) in [5, 5.41) is 0. The van der Waals surface area contributed by atoms with Crippen molar-refractivity contribution in [1.82, 2.24) is 14.9 Å². The van der Waals surface area contributed by atoms with Crippen LogP contribution >= 0.6 is 0 Å². The molecular formula is C21H27N5O. The summed E-state index contributed by atoms with van der Waals surface area (Å²) < 4.78 is 0. The molecule has 2 aromatic rings. The molecule has 27 heavy (non-hydrogen) atoms. The van der Waals surface area contributed by atoms with Gasteiger partial charge < -0.3 is 15.5 Å². The molecule has 6 nitrogen and oxygen atoms in total. The molecule has 2 aliphatic rings. The number of aromatic nitrogens is 2. The SMILES string of the molecule is Cc1cc(N2CCC(C(=O)N(Cc3ccccc3)C3CC3)CC2)nc(N)n1. The lowest BCUT2D eigenvalue weighted by molar-refractivity contribution is -0.137. The summed E-state index contributed by atoms with van der Waals surface area (Å²) in [7, 11) is 0. The Balaban J connectivity index is 1.39. The third-order valence-electron chi connectivity index (χ3n) is 5.49. The molecule has 0 unspecified atom stereocenters. The van der Waals surface area contributed by atoms with E-state index in [4.69, 9.17) is 5.73 Å². The van der Waals surface area contributed by atoms with E-state index in [1.807, 2.05) is 31.2 Å². The predicted molar refractivity (Wildman–Crippen MR) is 106 cm³/mol. The van der Waals surface area contributed by atoms with Crippen molar-refractivity contribution < 1.29 is 4.79 Å². The van der Waals surface area contributed by atoms with Crippen LogP contribution in [0.1, 0.15) is 36.9 Å². The first kappa shape index (κ1) is 17.8. The van der Waals surface area contributed by atoms with E-state index < -0.39 is 0 Å². The smallest absolute Gasteiger partial charge is 0.226 e. The number of rotatable bonds is 5. The van der Waals surface area contributed by atoms with Gasteiger partial charge in [0.15, 0.2) is 0 Å². The minimum absolute atomic E-state index is 0.103. The van der Waals surface area contributed by atoms with Crippen molar-refractivity contribution in [3.8, 4) is 0 Å². The predicted octanol–water partition coefficient (Wildman–Crippen LogP) is 2.77. The first-order valence-corrected chi connectivity index (χ1v) is 9.80. The van der Waals surface area contributed by atoms with E-state index in [2.05, 4.69) is 31.9 Å². The quantitative estimate of drug-likeness (QED) is 0.882. The second-order valence-electron chi connectivity index (χ2n) is 7.67. The van der Waals surface area contributed by atoms with Crippen molar-refractivity contribution in [3.63, 3.8) is 0 Å². The molecule has 1 aromatic heterocycles. The second-order valence-corrected chi connectivity index (χ2v) is 7.67. The third-order valence-corrected chi connectivity index (χ3v) is 5.49. The van der Waals surface area contributed by atoms with Gasteiger partial charge >= 0.3 is 0 Å². The Bertz CT molecular complexity index is 777.